The number of rotatable bonds is 4. The zero-order chi connectivity index (χ0) is 18.4. The van der Waals surface area contributed by atoms with Crippen molar-refractivity contribution in [2.45, 2.75) is 19.8 Å². The molecule has 0 radical (unpaired) electrons. The van der Waals surface area contributed by atoms with Gasteiger partial charge in [0, 0.05) is 52.2 Å². The first-order valence-electron chi connectivity index (χ1n) is 9.21. The van der Waals surface area contributed by atoms with Gasteiger partial charge in [0.2, 0.25) is 5.95 Å². The maximum atomic E-state index is 4.47. The molecule has 3 rings (SSSR count). The molecule has 6 heteroatoms. The van der Waals surface area contributed by atoms with Gasteiger partial charge >= 0.3 is 0 Å². The Kier molecular flexibility index (Phi) is 6.04. The predicted octanol–water partition coefficient (Wildman–Crippen LogP) is 2.29. The number of anilines is 1. The van der Waals surface area contributed by atoms with Crippen molar-refractivity contribution in [1.29, 1.82) is 0 Å². The highest BCUT2D eigenvalue weighted by Gasteiger charge is 2.21. The quantitative estimate of drug-likeness (QED) is 0.676. The summed E-state index contributed by atoms with van der Waals surface area (Å²) in [5.74, 6) is 2.21. The minimum atomic E-state index is 0.436. The van der Waals surface area contributed by atoms with Gasteiger partial charge in [-0.1, -0.05) is 36.8 Å². The van der Waals surface area contributed by atoms with Gasteiger partial charge in [0.25, 0.3) is 0 Å². The average Bonchev–Trinajstić information content (AvgIpc) is 2.70. The van der Waals surface area contributed by atoms with E-state index in [4.69, 9.17) is 0 Å². The van der Waals surface area contributed by atoms with Crippen molar-refractivity contribution >= 4 is 11.9 Å². The van der Waals surface area contributed by atoms with E-state index in [1.165, 1.54) is 11.1 Å². The SMILES string of the molecule is CN=C(NCC(C)c1ccc(C)cc1)N1CCN(c2ncccn2)CC1. The zero-order valence-electron chi connectivity index (χ0n) is 15.9. The van der Waals surface area contributed by atoms with Crippen LogP contribution in [0.4, 0.5) is 5.95 Å². The summed E-state index contributed by atoms with van der Waals surface area (Å²) in [6.45, 7) is 8.87. The van der Waals surface area contributed by atoms with E-state index >= 15 is 0 Å². The van der Waals surface area contributed by atoms with E-state index in [-0.39, 0.29) is 0 Å². The summed E-state index contributed by atoms with van der Waals surface area (Å²) in [5.41, 5.74) is 2.65. The molecule has 1 fully saturated rings. The third-order valence-electron chi connectivity index (χ3n) is 4.84. The van der Waals surface area contributed by atoms with Crippen LogP contribution in [0.15, 0.2) is 47.7 Å². The van der Waals surface area contributed by atoms with Crippen molar-refractivity contribution in [2.75, 3.05) is 44.7 Å². The van der Waals surface area contributed by atoms with Crippen LogP contribution >= 0.6 is 0 Å². The number of aryl methyl sites for hydroxylation is 1. The lowest BCUT2D eigenvalue weighted by atomic mass is 10.0. The molecule has 1 aromatic carbocycles. The summed E-state index contributed by atoms with van der Waals surface area (Å²) in [4.78, 5) is 17.7. The largest absolute Gasteiger partial charge is 0.356 e. The smallest absolute Gasteiger partial charge is 0.225 e. The molecular weight excluding hydrogens is 324 g/mol. The van der Waals surface area contributed by atoms with Crippen molar-refractivity contribution in [3.05, 3.63) is 53.9 Å². The Morgan fingerprint density at radius 1 is 1.12 bits per heavy atom. The highest BCUT2D eigenvalue weighted by Crippen LogP contribution is 2.15. The molecule has 0 saturated carbocycles. The molecule has 1 N–H and O–H groups in total. The van der Waals surface area contributed by atoms with Gasteiger partial charge in [0.15, 0.2) is 5.96 Å². The Hall–Kier alpha value is -2.63. The van der Waals surface area contributed by atoms with Crippen LogP contribution in [-0.4, -0.2) is 60.6 Å². The number of aliphatic imine (C=N–C) groups is 1. The van der Waals surface area contributed by atoms with Gasteiger partial charge in [-0.3, -0.25) is 4.99 Å². The molecule has 2 aromatic rings. The number of hydrogen-bond acceptors (Lipinski definition) is 4. The molecule has 138 valence electrons. The molecule has 6 nitrogen and oxygen atoms in total. The Balaban J connectivity index is 1.51. The first-order chi connectivity index (χ1) is 12.7. The van der Waals surface area contributed by atoms with Gasteiger partial charge < -0.3 is 15.1 Å². The Bertz CT molecular complexity index is 705. The number of aromatic nitrogens is 2. The second kappa shape index (κ2) is 8.65. The van der Waals surface area contributed by atoms with Crippen LogP contribution in [0.3, 0.4) is 0 Å². The minimum Gasteiger partial charge on any atom is -0.356 e. The number of nitrogens with zero attached hydrogens (tertiary/aromatic N) is 5. The summed E-state index contributed by atoms with van der Waals surface area (Å²) in [6.07, 6.45) is 3.59. The lowest BCUT2D eigenvalue weighted by Crippen LogP contribution is -2.53. The fourth-order valence-corrected chi connectivity index (χ4v) is 3.16. The van der Waals surface area contributed by atoms with Crippen molar-refractivity contribution in [2.24, 2.45) is 4.99 Å². The molecule has 26 heavy (non-hydrogen) atoms. The van der Waals surface area contributed by atoms with Crippen LogP contribution < -0.4 is 10.2 Å². The zero-order valence-corrected chi connectivity index (χ0v) is 15.9. The summed E-state index contributed by atoms with van der Waals surface area (Å²) < 4.78 is 0. The standard InChI is InChI=1S/C20H28N6/c1-16-5-7-18(8-6-16)17(2)15-24-19(21-3)25-11-13-26(14-12-25)20-22-9-4-10-23-20/h4-10,17H,11-15H2,1-3H3,(H,21,24). The summed E-state index contributed by atoms with van der Waals surface area (Å²) >= 11 is 0. The van der Waals surface area contributed by atoms with Gasteiger partial charge in [-0.2, -0.15) is 0 Å². The Morgan fingerprint density at radius 3 is 2.38 bits per heavy atom. The van der Waals surface area contributed by atoms with Gasteiger partial charge in [-0.25, -0.2) is 9.97 Å². The van der Waals surface area contributed by atoms with E-state index in [2.05, 4.69) is 68.2 Å². The molecule has 1 aromatic heterocycles. The number of benzene rings is 1. The van der Waals surface area contributed by atoms with E-state index in [1.54, 1.807) is 12.4 Å². The van der Waals surface area contributed by atoms with Crippen molar-refractivity contribution < 1.29 is 0 Å². The van der Waals surface area contributed by atoms with Crippen molar-refractivity contribution in [1.82, 2.24) is 20.2 Å². The first kappa shape index (κ1) is 18.2. The molecule has 1 aliphatic heterocycles. The van der Waals surface area contributed by atoms with Gasteiger partial charge in [0.05, 0.1) is 0 Å². The maximum absolute atomic E-state index is 4.47. The molecule has 0 bridgehead atoms. The van der Waals surface area contributed by atoms with Crippen LogP contribution in [0.1, 0.15) is 24.0 Å². The highest BCUT2D eigenvalue weighted by molar-refractivity contribution is 5.80. The molecule has 0 spiro atoms. The summed E-state index contributed by atoms with van der Waals surface area (Å²) in [7, 11) is 1.85. The van der Waals surface area contributed by atoms with Crippen LogP contribution in [0, 0.1) is 6.92 Å². The topological polar surface area (TPSA) is 56.7 Å². The molecule has 0 amide bonds. The number of nitrogens with one attached hydrogen (secondary N) is 1. The maximum Gasteiger partial charge on any atom is 0.225 e. The summed E-state index contributed by atoms with van der Waals surface area (Å²) in [5, 5.41) is 3.53. The van der Waals surface area contributed by atoms with Crippen LogP contribution in [0.25, 0.3) is 0 Å². The third kappa shape index (κ3) is 4.50. The highest BCUT2D eigenvalue weighted by atomic mass is 15.4. The average molecular weight is 352 g/mol. The van der Waals surface area contributed by atoms with E-state index in [0.717, 1.165) is 44.6 Å². The normalized spacial score (nSPS) is 16.5. The number of piperazine rings is 1. The Morgan fingerprint density at radius 2 is 1.77 bits per heavy atom. The van der Waals surface area contributed by atoms with Gasteiger partial charge in [-0.15, -0.1) is 0 Å². The number of hydrogen-bond donors (Lipinski definition) is 1. The second-order valence-corrected chi connectivity index (χ2v) is 6.76. The van der Waals surface area contributed by atoms with E-state index in [0.29, 0.717) is 5.92 Å². The first-order valence-corrected chi connectivity index (χ1v) is 9.21. The second-order valence-electron chi connectivity index (χ2n) is 6.76. The van der Waals surface area contributed by atoms with Crippen LogP contribution in [0.2, 0.25) is 0 Å². The van der Waals surface area contributed by atoms with Crippen LogP contribution in [0.5, 0.6) is 0 Å². The van der Waals surface area contributed by atoms with Crippen LogP contribution in [-0.2, 0) is 0 Å². The fourth-order valence-electron chi connectivity index (χ4n) is 3.16. The Labute approximate surface area is 156 Å². The molecule has 0 aliphatic carbocycles. The lowest BCUT2D eigenvalue weighted by molar-refractivity contribution is 0.369. The third-order valence-corrected chi connectivity index (χ3v) is 4.84. The van der Waals surface area contributed by atoms with E-state index < -0.39 is 0 Å². The molecule has 1 atom stereocenters. The summed E-state index contributed by atoms with van der Waals surface area (Å²) in [6, 6.07) is 10.6. The van der Waals surface area contributed by atoms with Gasteiger partial charge in [-0.05, 0) is 24.5 Å². The fraction of sp³-hybridized carbons (Fsp3) is 0.450. The minimum absolute atomic E-state index is 0.436. The molecule has 1 aliphatic rings. The molecular formula is C20H28N6. The molecule has 2 heterocycles. The van der Waals surface area contributed by atoms with Crippen molar-refractivity contribution in [3.63, 3.8) is 0 Å². The van der Waals surface area contributed by atoms with E-state index in [1.807, 2.05) is 13.1 Å². The lowest BCUT2D eigenvalue weighted by Gasteiger charge is -2.36. The monoisotopic (exact) mass is 352 g/mol. The predicted molar refractivity (Wildman–Crippen MR) is 107 cm³/mol. The van der Waals surface area contributed by atoms with E-state index in [9.17, 15) is 0 Å². The number of guanidine groups is 1. The molecule has 1 unspecified atom stereocenters. The van der Waals surface area contributed by atoms with Crippen molar-refractivity contribution in [3.8, 4) is 0 Å². The van der Waals surface area contributed by atoms with Gasteiger partial charge in [0.1, 0.15) is 0 Å². The molecule has 1 saturated heterocycles.